The zero-order valence-corrected chi connectivity index (χ0v) is 27.1. The number of fused-ring (bicyclic) bond motifs is 9. The standard InChI is InChI=1S/C33H43NO12/c1-11-19-14(30(6)31(7,40)27(39)46-33(30)25(11)45-33)8-15(37)20-18-21(23(42-12(2)35)26(29(19,20)5)43-13(3)36)28(4)9-16-17(44-16)10-32(28,41)24(34)22(18)38/h11,14,16-21,23-26,40-41H,8-10,34H2,1-7H3/t11-,14+,16+,17-,18?,19-,20-,21?,23-,24+,25+,26-,28+,29+,30-,31+,32-,33-/m0/s1. The maximum atomic E-state index is 14.8. The molecule has 0 radical (unpaired) electrons. The van der Waals surface area contributed by atoms with Crippen molar-refractivity contribution < 1.29 is 57.9 Å². The van der Waals surface area contributed by atoms with Crippen LogP contribution < -0.4 is 5.73 Å². The Morgan fingerprint density at radius 1 is 0.957 bits per heavy atom. The van der Waals surface area contributed by atoms with Crippen molar-refractivity contribution in [2.24, 2.45) is 57.5 Å². The van der Waals surface area contributed by atoms with Crippen LogP contribution in [0.1, 0.15) is 67.7 Å². The number of epoxide rings is 2. The highest BCUT2D eigenvalue weighted by Crippen LogP contribution is 2.78. The quantitative estimate of drug-likeness (QED) is 0.209. The summed E-state index contributed by atoms with van der Waals surface area (Å²) in [6.45, 7) is 11.0. The molecule has 18 atom stereocenters. The fourth-order valence-electron chi connectivity index (χ4n) is 12.5. The van der Waals surface area contributed by atoms with Crippen LogP contribution in [0.2, 0.25) is 0 Å². The topological polar surface area (TPSA) is 205 Å². The summed E-state index contributed by atoms with van der Waals surface area (Å²) < 4.78 is 30.1. The predicted molar refractivity (Wildman–Crippen MR) is 152 cm³/mol. The lowest BCUT2D eigenvalue weighted by molar-refractivity contribution is -0.287. The van der Waals surface area contributed by atoms with Crippen molar-refractivity contribution in [2.45, 2.75) is 121 Å². The first kappa shape index (κ1) is 30.9. The summed E-state index contributed by atoms with van der Waals surface area (Å²) in [5.74, 6) is -9.23. The number of esters is 3. The highest BCUT2D eigenvalue weighted by atomic mass is 16.8. The molecule has 46 heavy (non-hydrogen) atoms. The molecule has 8 rings (SSSR count). The first-order valence-electron chi connectivity index (χ1n) is 16.4. The number of Topliss-reactive ketones (excluding diaryl/α,β-unsaturated/α-hetero) is 2. The monoisotopic (exact) mass is 645 g/mol. The van der Waals surface area contributed by atoms with Gasteiger partial charge in [-0.25, -0.2) is 4.79 Å². The second-order valence-corrected chi connectivity index (χ2v) is 16.4. The summed E-state index contributed by atoms with van der Waals surface area (Å²) in [5, 5.41) is 24.0. The minimum Gasteiger partial charge on any atom is -0.458 e. The Hall–Kier alpha value is -2.45. The fourth-order valence-corrected chi connectivity index (χ4v) is 12.5. The zero-order valence-electron chi connectivity index (χ0n) is 27.1. The van der Waals surface area contributed by atoms with E-state index in [1.54, 1.807) is 13.8 Å². The van der Waals surface area contributed by atoms with E-state index in [-0.39, 0.29) is 30.8 Å². The number of carbonyl (C=O) groups is 5. The predicted octanol–water partition coefficient (Wildman–Crippen LogP) is 0.191. The van der Waals surface area contributed by atoms with Gasteiger partial charge in [0.1, 0.15) is 24.1 Å². The van der Waals surface area contributed by atoms with E-state index in [1.165, 1.54) is 20.8 Å². The van der Waals surface area contributed by atoms with Gasteiger partial charge in [0.2, 0.25) is 5.79 Å². The Morgan fingerprint density at radius 2 is 1.59 bits per heavy atom. The van der Waals surface area contributed by atoms with Crippen molar-refractivity contribution in [3.63, 3.8) is 0 Å². The van der Waals surface area contributed by atoms with Crippen LogP contribution in [0.4, 0.5) is 0 Å². The molecule has 252 valence electrons. The Morgan fingerprint density at radius 3 is 2.22 bits per heavy atom. The van der Waals surface area contributed by atoms with Crippen molar-refractivity contribution in [1.29, 1.82) is 0 Å². The average molecular weight is 646 g/mol. The second kappa shape index (κ2) is 8.58. The molecule has 0 aromatic heterocycles. The van der Waals surface area contributed by atoms with Crippen LogP contribution in [0.15, 0.2) is 0 Å². The average Bonchev–Trinajstić information content (AvgIpc) is 3.85. The number of ketones is 2. The Labute approximate surface area is 266 Å². The molecule has 1 spiro atoms. The number of carbonyl (C=O) groups excluding carboxylic acids is 5. The molecule has 0 bridgehead atoms. The fraction of sp³-hybridized carbons (Fsp3) is 0.848. The molecule has 2 unspecified atom stereocenters. The third-order valence-corrected chi connectivity index (χ3v) is 14.7. The van der Waals surface area contributed by atoms with Gasteiger partial charge in [-0.1, -0.05) is 20.8 Å². The lowest BCUT2D eigenvalue weighted by Crippen LogP contribution is -2.81. The maximum absolute atomic E-state index is 14.8. The van der Waals surface area contributed by atoms with Gasteiger partial charge >= 0.3 is 17.9 Å². The summed E-state index contributed by atoms with van der Waals surface area (Å²) in [6.07, 6.45) is -3.27. The van der Waals surface area contributed by atoms with Gasteiger partial charge in [-0.2, -0.15) is 0 Å². The Balaban J connectivity index is 1.36. The van der Waals surface area contributed by atoms with Gasteiger partial charge < -0.3 is 39.6 Å². The van der Waals surface area contributed by atoms with E-state index in [0.29, 0.717) is 6.42 Å². The molecule has 4 N–H and O–H groups in total. The lowest BCUT2D eigenvalue weighted by atomic mass is 9.34. The first-order chi connectivity index (χ1) is 21.2. The molecule has 13 heteroatoms. The molecule has 8 fully saturated rings. The molecule has 3 aliphatic heterocycles. The van der Waals surface area contributed by atoms with Gasteiger partial charge in [0.25, 0.3) is 0 Å². The van der Waals surface area contributed by atoms with Crippen molar-refractivity contribution in [3.05, 3.63) is 0 Å². The minimum absolute atomic E-state index is 0.107. The van der Waals surface area contributed by atoms with Gasteiger partial charge in [-0.05, 0) is 38.0 Å². The van der Waals surface area contributed by atoms with E-state index in [2.05, 4.69) is 0 Å². The third kappa shape index (κ3) is 3.10. The highest BCUT2D eigenvalue weighted by molar-refractivity contribution is 5.96. The summed E-state index contributed by atoms with van der Waals surface area (Å²) in [5.41, 5.74) is -0.971. The molecule has 0 amide bonds. The van der Waals surface area contributed by atoms with Crippen molar-refractivity contribution in [3.8, 4) is 0 Å². The third-order valence-electron chi connectivity index (χ3n) is 14.7. The number of nitrogens with two attached hydrogens (primary N) is 1. The highest BCUT2D eigenvalue weighted by Gasteiger charge is 2.91. The van der Waals surface area contributed by atoms with Gasteiger partial charge in [-0.3, -0.25) is 19.2 Å². The molecule has 8 aliphatic rings. The minimum atomic E-state index is -2.02. The van der Waals surface area contributed by atoms with Gasteiger partial charge in [-0.15, -0.1) is 0 Å². The van der Waals surface area contributed by atoms with Gasteiger partial charge in [0.05, 0.1) is 29.3 Å². The van der Waals surface area contributed by atoms with Crippen LogP contribution in [0.5, 0.6) is 0 Å². The molecule has 0 aromatic rings. The van der Waals surface area contributed by atoms with Crippen LogP contribution >= 0.6 is 0 Å². The van der Waals surface area contributed by atoms with Crippen molar-refractivity contribution in [2.75, 3.05) is 0 Å². The molecule has 0 aromatic carbocycles. The number of ether oxygens (including phenoxy) is 5. The van der Waals surface area contributed by atoms with E-state index in [9.17, 15) is 34.2 Å². The number of hydrogen-bond acceptors (Lipinski definition) is 13. The smallest absolute Gasteiger partial charge is 0.341 e. The first-order valence-corrected chi connectivity index (χ1v) is 16.4. The van der Waals surface area contributed by atoms with Gasteiger partial charge in [0.15, 0.2) is 11.4 Å². The normalized spacial score (nSPS) is 60.5. The Bertz CT molecular complexity index is 1510. The van der Waals surface area contributed by atoms with E-state index in [1.807, 2.05) is 13.8 Å². The van der Waals surface area contributed by atoms with Crippen LogP contribution in [0, 0.1) is 51.8 Å². The van der Waals surface area contributed by atoms with Crippen LogP contribution in [0.25, 0.3) is 0 Å². The zero-order chi connectivity index (χ0) is 33.5. The van der Waals surface area contributed by atoms with Crippen LogP contribution in [0.3, 0.4) is 0 Å². The van der Waals surface area contributed by atoms with Crippen molar-refractivity contribution >= 4 is 29.5 Å². The molecular formula is C33H43NO12. The van der Waals surface area contributed by atoms with Crippen LogP contribution in [-0.2, 0) is 47.7 Å². The lowest BCUT2D eigenvalue weighted by Gasteiger charge is -2.70. The largest absolute Gasteiger partial charge is 0.458 e. The van der Waals surface area contributed by atoms with Crippen molar-refractivity contribution in [1.82, 2.24) is 0 Å². The summed E-state index contributed by atoms with van der Waals surface area (Å²) in [6, 6.07) is -1.34. The SMILES string of the molecule is CC(=O)O[C@H]1C2C(C(=O)[C@@H](N)[C@@]3(O)C[C@@H]4O[C@@H]4C[C@]23C)[C@@H]2C(=O)C[C@@H]3[C@H]([C@H](C)[C@H]4O[C@]45OC(=O)[C@@](C)(O)[C@]35C)[C@@]2(C)[C@H]1OC(C)=O. The summed E-state index contributed by atoms with van der Waals surface area (Å²) in [7, 11) is 0. The molecule has 3 heterocycles. The molecule has 13 nitrogen and oxygen atoms in total. The van der Waals surface area contributed by atoms with E-state index in [0.717, 1.165) is 0 Å². The molecule has 5 aliphatic carbocycles. The Kier molecular flexibility index (Phi) is 5.75. The second-order valence-electron chi connectivity index (χ2n) is 16.4. The molecule has 5 saturated carbocycles. The van der Waals surface area contributed by atoms with Gasteiger partial charge in [0, 0.05) is 55.3 Å². The van der Waals surface area contributed by atoms with E-state index >= 15 is 0 Å². The number of aliphatic hydroxyl groups is 2. The molecule has 3 saturated heterocycles. The number of rotatable bonds is 2. The number of hydrogen-bond donors (Lipinski definition) is 3. The summed E-state index contributed by atoms with van der Waals surface area (Å²) in [4.78, 5) is 68.5. The van der Waals surface area contributed by atoms with E-state index < -0.39 is 117 Å². The summed E-state index contributed by atoms with van der Waals surface area (Å²) >= 11 is 0. The maximum Gasteiger partial charge on any atom is 0.341 e. The van der Waals surface area contributed by atoms with Crippen LogP contribution in [-0.4, -0.2) is 93.2 Å². The molecular weight excluding hydrogens is 602 g/mol. The van der Waals surface area contributed by atoms with E-state index in [4.69, 9.17) is 29.4 Å².